The third-order valence-corrected chi connectivity index (χ3v) is 6.55. The molecule has 4 atom stereocenters. The van der Waals surface area contributed by atoms with Crippen LogP contribution in [0.1, 0.15) is 42.4 Å². The third kappa shape index (κ3) is 5.99. The Morgan fingerprint density at radius 1 is 1.06 bits per heavy atom. The van der Waals surface area contributed by atoms with E-state index in [1.165, 1.54) is 6.07 Å². The molecule has 0 bridgehead atoms. The summed E-state index contributed by atoms with van der Waals surface area (Å²) in [5.74, 6) is -1.86. The molecule has 2 aromatic rings. The van der Waals surface area contributed by atoms with Crippen LogP contribution in [-0.2, 0) is 27.5 Å². The fourth-order valence-electron chi connectivity index (χ4n) is 4.34. The van der Waals surface area contributed by atoms with Gasteiger partial charge in [0.15, 0.2) is 17.2 Å². The number of ether oxygens (including phenoxy) is 2. The van der Waals surface area contributed by atoms with Gasteiger partial charge in [-0.05, 0) is 48.9 Å². The number of halogens is 2. The zero-order valence-electron chi connectivity index (χ0n) is 19.2. The minimum Gasteiger partial charge on any atom is -0.390 e. The maximum Gasteiger partial charge on any atom is 0.252 e. The van der Waals surface area contributed by atoms with Crippen LogP contribution in [0.4, 0.5) is 8.78 Å². The van der Waals surface area contributed by atoms with Gasteiger partial charge in [-0.3, -0.25) is 4.79 Å². The van der Waals surface area contributed by atoms with Crippen molar-refractivity contribution in [3.63, 3.8) is 0 Å². The van der Waals surface area contributed by atoms with Crippen molar-refractivity contribution >= 4 is 5.91 Å². The number of aliphatic hydroxyl groups is 2. The topological polar surface area (TPSA) is 88.0 Å². The van der Waals surface area contributed by atoms with Crippen molar-refractivity contribution in [2.75, 3.05) is 6.54 Å². The van der Waals surface area contributed by atoms with Crippen LogP contribution >= 0.6 is 0 Å². The highest BCUT2D eigenvalue weighted by molar-refractivity contribution is 5.85. The second kappa shape index (κ2) is 10.5. The zero-order chi connectivity index (χ0) is 24.3. The summed E-state index contributed by atoms with van der Waals surface area (Å²) in [6, 6.07) is 11.1. The van der Waals surface area contributed by atoms with E-state index in [0.717, 1.165) is 36.1 Å². The number of carbonyl (C=O) groups is 1. The maximum absolute atomic E-state index is 13.6. The fourth-order valence-corrected chi connectivity index (χ4v) is 4.34. The highest BCUT2D eigenvalue weighted by Gasteiger charge is 2.51. The van der Waals surface area contributed by atoms with Crippen molar-refractivity contribution in [1.82, 2.24) is 5.32 Å². The summed E-state index contributed by atoms with van der Waals surface area (Å²) in [6.07, 6.45) is -1.39. The van der Waals surface area contributed by atoms with Crippen molar-refractivity contribution in [3.05, 3.63) is 70.8 Å². The number of benzene rings is 2. The molecule has 1 amide bonds. The van der Waals surface area contributed by atoms with Crippen molar-refractivity contribution in [2.45, 2.75) is 69.7 Å². The van der Waals surface area contributed by atoms with E-state index in [0.29, 0.717) is 18.0 Å². The first-order chi connectivity index (χ1) is 16.3. The lowest BCUT2D eigenvalue weighted by Crippen LogP contribution is -2.60. The van der Waals surface area contributed by atoms with Gasteiger partial charge in [0.2, 0.25) is 0 Å². The number of nitrogens with one attached hydrogen (secondary N) is 1. The summed E-state index contributed by atoms with van der Waals surface area (Å²) >= 11 is 0. The lowest BCUT2D eigenvalue weighted by molar-refractivity contribution is -0.200. The van der Waals surface area contributed by atoms with Gasteiger partial charge in [0, 0.05) is 19.4 Å². The largest absolute Gasteiger partial charge is 0.390 e. The molecule has 3 N–H and O–H groups in total. The zero-order valence-corrected chi connectivity index (χ0v) is 19.2. The van der Waals surface area contributed by atoms with E-state index in [1.54, 1.807) is 0 Å². The molecule has 0 heterocycles. The molecule has 184 valence electrons. The molecule has 2 saturated carbocycles. The maximum atomic E-state index is 13.6. The molecule has 2 aliphatic rings. The minimum atomic E-state index is -1.41. The van der Waals surface area contributed by atoms with E-state index < -0.39 is 35.5 Å². The van der Waals surface area contributed by atoms with E-state index >= 15 is 0 Å². The molecule has 6 nitrogen and oxygen atoms in total. The van der Waals surface area contributed by atoms with Gasteiger partial charge in [0.05, 0.1) is 25.4 Å². The molecular formula is C26H31F2NO5. The third-order valence-electron chi connectivity index (χ3n) is 6.55. The summed E-state index contributed by atoms with van der Waals surface area (Å²) in [5, 5.41) is 24.2. The second-order valence-corrected chi connectivity index (χ2v) is 9.49. The molecular weight excluding hydrogens is 444 g/mol. The fraction of sp³-hybridized carbons (Fsp3) is 0.500. The smallest absolute Gasteiger partial charge is 0.252 e. The number of amides is 1. The van der Waals surface area contributed by atoms with E-state index in [1.807, 2.05) is 31.2 Å². The van der Waals surface area contributed by atoms with Gasteiger partial charge in [-0.25, -0.2) is 8.78 Å². The number of aryl methyl sites for hydroxylation is 1. The molecule has 0 radical (unpaired) electrons. The van der Waals surface area contributed by atoms with Crippen LogP contribution in [-0.4, -0.2) is 46.6 Å². The molecule has 4 rings (SSSR count). The molecule has 0 aliphatic heterocycles. The van der Waals surface area contributed by atoms with Gasteiger partial charge in [-0.2, -0.15) is 0 Å². The summed E-state index contributed by atoms with van der Waals surface area (Å²) < 4.78 is 38.8. The molecule has 2 fully saturated rings. The molecule has 0 aromatic heterocycles. The lowest BCUT2D eigenvalue weighted by Gasteiger charge is -2.44. The van der Waals surface area contributed by atoms with Crippen molar-refractivity contribution in [2.24, 2.45) is 5.92 Å². The van der Waals surface area contributed by atoms with E-state index in [4.69, 9.17) is 9.47 Å². The molecule has 34 heavy (non-hydrogen) atoms. The average Bonchev–Trinajstić information content (AvgIpc) is 3.64. The predicted octanol–water partition coefficient (Wildman–Crippen LogP) is 3.16. The SMILES string of the molecule is Cc1cccc(CO[C@@]2(C(=O)NCC3CC3)C[C@@H](O)[C@@H](O)[C@@H](OCc3ccc(F)c(F)c3)C2)c1. The van der Waals surface area contributed by atoms with Crippen molar-refractivity contribution in [3.8, 4) is 0 Å². The monoisotopic (exact) mass is 475 g/mol. The van der Waals surface area contributed by atoms with Crippen LogP contribution in [0.2, 0.25) is 0 Å². The molecule has 0 saturated heterocycles. The van der Waals surface area contributed by atoms with Crippen LogP contribution in [0.15, 0.2) is 42.5 Å². The molecule has 0 unspecified atom stereocenters. The Balaban J connectivity index is 1.51. The average molecular weight is 476 g/mol. The van der Waals surface area contributed by atoms with Gasteiger partial charge in [0.1, 0.15) is 6.10 Å². The van der Waals surface area contributed by atoms with Gasteiger partial charge >= 0.3 is 0 Å². The van der Waals surface area contributed by atoms with Gasteiger partial charge in [0.25, 0.3) is 5.91 Å². The summed E-state index contributed by atoms with van der Waals surface area (Å²) in [4.78, 5) is 13.3. The first kappa shape index (κ1) is 24.7. The first-order valence-electron chi connectivity index (χ1n) is 11.7. The molecule has 0 spiro atoms. The minimum absolute atomic E-state index is 0.0111. The van der Waals surface area contributed by atoms with Crippen LogP contribution in [0.5, 0.6) is 0 Å². The molecule has 2 aromatic carbocycles. The van der Waals surface area contributed by atoms with Crippen LogP contribution < -0.4 is 5.32 Å². The highest BCUT2D eigenvalue weighted by Crippen LogP contribution is 2.36. The Hall–Kier alpha value is -2.39. The second-order valence-electron chi connectivity index (χ2n) is 9.49. The van der Waals surface area contributed by atoms with Crippen LogP contribution in [0, 0.1) is 24.5 Å². The van der Waals surface area contributed by atoms with Crippen LogP contribution in [0.25, 0.3) is 0 Å². The number of hydrogen-bond donors (Lipinski definition) is 3. The Kier molecular flexibility index (Phi) is 7.62. The van der Waals surface area contributed by atoms with Gasteiger partial charge in [-0.15, -0.1) is 0 Å². The summed E-state index contributed by atoms with van der Waals surface area (Å²) in [6.45, 7) is 2.53. The van der Waals surface area contributed by atoms with Gasteiger partial charge in [-0.1, -0.05) is 35.9 Å². The summed E-state index contributed by atoms with van der Waals surface area (Å²) in [5.41, 5.74) is 0.903. The quantitative estimate of drug-likeness (QED) is 0.519. The highest BCUT2D eigenvalue weighted by atomic mass is 19.2. The number of aliphatic hydroxyl groups excluding tert-OH is 2. The Morgan fingerprint density at radius 2 is 1.82 bits per heavy atom. The standard InChI is InChI=1S/C26H31F2NO5/c1-16-3-2-4-18(9-16)15-34-26(25(32)29-13-17-5-6-17)11-22(30)24(31)23(12-26)33-14-19-7-8-20(27)21(28)10-19/h2-4,7-10,17,22-24,30-31H,5-6,11-15H2,1H3,(H,29,32)/t22-,23+,24-,26+/m1/s1. The van der Waals surface area contributed by atoms with Crippen molar-refractivity contribution < 1.29 is 33.3 Å². The summed E-state index contributed by atoms with van der Waals surface area (Å²) in [7, 11) is 0. The Bertz CT molecular complexity index is 1010. The van der Waals surface area contributed by atoms with Crippen LogP contribution in [0.3, 0.4) is 0 Å². The van der Waals surface area contributed by atoms with E-state index in [2.05, 4.69) is 5.32 Å². The number of rotatable bonds is 9. The van der Waals surface area contributed by atoms with E-state index in [-0.39, 0.29) is 32.0 Å². The Morgan fingerprint density at radius 3 is 2.53 bits per heavy atom. The normalized spacial score (nSPS) is 26.9. The number of carbonyl (C=O) groups excluding carboxylic acids is 1. The Labute approximate surface area is 197 Å². The molecule has 8 heteroatoms. The first-order valence-corrected chi connectivity index (χ1v) is 11.7. The lowest BCUT2D eigenvalue weighted by atomic mass is 9.78. The predicted molar refractivity (Wildman–Crippen MR) is 121 cm³/mol. The molecule has 2 aliphatic carbocycles. The van der Waals surface area contributed by atoms with Gasteiger partial charge < -0.3 is 25.0 Å². The number of hydrogen-bond acceptors (Lipinski definition) is 5. The van der Waals surface area contributed by atoms with Crippen molar-refractivity contribution in [1.29, 1.82) is 0 Å². The van der Waals surface area contributed by atoms with E-state index in [9.17, 15) is 23.8 Å².